The van der Waals surface area contributed by atoms with Crippen molar-refractivity contribution in [2.75, 3.05) is 25.9 Å². The molecule has 0 aromatic carbocycles. The van der Waals surface area contributed by atoms with Crippen LogP contribution in [0, 0.1) is 6.92 Å². The predicted octanol–water partition coefficient (Wildman–Crippen LogP) is 0.273. The molecule has 0 saturated heterocycles. The quantitative estimate of drug-likeness (QED) is 0.739. The number of carbonyl (C=O) groups excluding carboxylic acids is 1. The molecule has 0 atom stereocenters. The maximum Gasteiger partial charge on any atom is 0.412 e. The molecular formula is C12H20N3O3+. The summed E-state index contributed by atoms with van der Waals surface area (Å²) in [4.78, 5) is 13.0. The van der Waals surface area contributed by atoms with Gasteiger partial charge in [0.05, 0.1) is 6.20 Å². The van der Waals surface area contributed by atoms with Crippen LogP contribution in [0.15, 0.2) is 18.3 Å². The second kappa shape index (κ2) is 6.80. The van der Waals surface area contributed by atoms with Crippen molar-refractivity contribution in [3.63, 3.8) is 0 Å². The van der Waals surface area contributed by atoms with Crippen LogP contribution in [0.1, 0.15) is 12.0 Å². The first-order valence-electron chi connectivity index (χ1n) is 5.79. The van der Waals surface area contributed by atoms with Crippen LogP contribution in [0.2, 0.25) is 0 Å². The standard InChI is InChI=1S/C12H19N3O3/c1-10-5-3-7-15(11(10)13)9-18-12(17)14(2)6-4-8-16/h3,5,7,13,16H,4,6,8-9H2,1-2H3/p+1. The summed E-state index contributed by atoms with van der Waals surface area (Å²) in [5.41, 5.74) is 6.78. The number of aliphatic hydroxyl groups excluding tert-OH is 1. The highest BCUT2D eigenvalue weighted by Crippen LogP contribution is 2.02. The van der Waals surface area contributed by atoms with Gasteiger partial charge in [-0.15, -0.1) is 0 Å². The number of nitrogens with two attached hydrogens (primary N) is 1. The second-order valence-corrected chi connectivity index (χ2v) is 4.08. The van der Waals surface area contributed by atoms with Gasteiger partial charge in [-0.25, -0.2) is 4.79 Å². The van der Waals surface area contributed by atoms with Gasteiger partial charge in [-0.1, -0.05) is 0 Å². The molecule has 6 heteroatoms. The van der Waals surface area contributed by atoms with Gasteiger partial charge in [-0.05, 0) is 25.5 Å². The number of aromatic nitrogens is 1. The van der Waals surface area contributed by atoms with Crippen molar-refractivity contribution in [1.82, 2.24) is 4.90 Å². The Hall–Kier alpha value is -1.82. The van der Waals surface area contributed by atoms with Crippen LogP contribution in [0.3, 0.4) is 0 Å². The number of nitrogens with zero attached hydrogens (tertiary/aromatic N) is 2. The van der Waals surface area contributed by atoms with Gasteiger partial charge in [0.2, 0.25) is 6.73 Å². The van der Waals surface area contributed by atoms with Crippen LogP contribution in [-0.4, -0.2) is 36.3 Å². The molecule has 1 heterocycles. The number of pyridine rings is 1. The Labute approximate surface area is 107 Å². The van der Waals surface area contributed by atoms with Crippen LogP contribution in [0.4, 0.5) is 10.6 Å². The summed E-state index contributed by atoms with van der Waals surface area (Å²) in [6, 6.07) is 3.73. The first-order chi connectivity index (χ1) is 8.56. The normalized spacial score (nSPS) is 10.2. The van der Waals surface area contributed by atoms with Crippen LogP contribution in [0.5, 0.6) is 0 Å². The number of aryl methyl sites for hydroxylation is 1. The zero-order valence-corrected chi connectivity index (χ0v) is 10.8. The Morgan fingerprint density at radius 2 is 2.33 bits per heavy atom. The molecule has 0 unspecified atom stereocenters. The molecule has 0 aliphatic carbocycles. The van der Waals surface area contributed by atoms with E-state index in [4.69, 9.17) is 15.6 Å². The van der Waals surface area contributed by atoms with Crippen molar-refractivity contribution in [1.29, 1.82) is 0 Å². The number of nitrogen functional groups attached to an aromatic ring is 1. The number of hydrogen-bond donors (Lipinski definition) is 2. The zero-order valence-electron chi connectivity index (χ0n) is 10.8. The van der Waals surface area contributed by atoms with Crippen LogP contribution < -0.4 is 10.3 Å². The van der Waals surface area contributed by atoms with E-state index in [-0.39, 0.29) is 13.3 Å². The Kier molecular flexibility index (Phi) is 5.38. The molecule has 0 bridgehead atoms. The van der Waals surface area contributed by atoms with Gasteiger partial charge in [-0.2, -0.15) is 4.57 Å². The number of anilines is 1. The minimum atomic E-state index is -0.433. The highest BCUT2D eigenvalue weighted by Gasteiger charge is 2.12. The van der Waals surface area contributed by atoms with E-state index in [1.54, 1.807) is 17.8 Å². The molecule has 100 valence electrons. The molecule has 0 saturated carbocycles. The van der Waals surface area contributed by atoms with Crippen molar-refractivity contribution in [3.05, 3.63) is 23.9 Å². The lowest BCUT2D eigenvalue weighted by atomic mass is 10.3. The Balaban J connectivity index is 2.49. The number of rotatable bonds is 5. The molecule has 1 aromatic rings. The molecule has 18 heavy (non-hydrogen) atoms. The van der Waals surface area contributed by atoms with Gasteiger partial charge in [0.1, 0.15) is 0 Å². The lowest BCUT2D eigenvalue weighted by Gasteiger charge is -2.15. The van der Waals surface area contributed by atoms with Crippen molar-refractivity contribution in [2.45, 2.75) is 20.1 Å². The van der Waals surface area contributed by atoms with E-state index in [0.717, 1.165) is 5.56 Å². The Bertz CT molecular complexity index is 410. The van der Waals surface area contributed by atoms with Crippen molar-refractivity contribution in [3.8, 4) is 0 Å². The molecule has 0 aliphatic heterocycles. The fourth-order valence-corrected chi connectivity index (χ4v) is 1.43. The van der Waals surface area contributed by atoms with Gasteiger partial charge < -0.3 is 14.7 Å². The molecule has 0 fully saturated rings. The van der Waals surface area contributed by atoms with E-state index in [1.807, 2.05) is 19.1 Å². The van der Waals surface area contributed by atoms with Gasteiger partial charge in [-0.3, -0.25) is 5.73 Å². The summed E-state index contributed by atoms with van der Waals surface area (Å²) in [6.07, 6.45) is 1.85. The fourth-order valence-electron chi connectivity index (χ4n) is 1.43. The third kappa shape index (κ3) is 3.89. The molecule has 0 spiro atoms. The van der Waals surface area contributed by atoms with Crippen molar-refractivity contribution >= 4 is 11.9 Å². The Morgan fingerprint density at radius 1 is 1.61 bits per heavy atom. The maximum atomic E-state index is 11.6. The van der Waals surface area contributed by atoms with E-state index < -0.39 is 6.09 Å². The van der Waals surface area contributed by atoms with Crippen LogP contribution in [-0.2, 0) is 11.5 Å². The summed E-state index contributed by atoms with van der Waals surface area (Å²) < 4.78 is 6.77. The summed E-state index contributed by atoms with van der Waals surface area (Å²) >= 11 is 0. The molecular weight excluding hydrogens is 234 g/mol. The molecule has 0 radical (unpaired) electrons. The molecule has 3 N–H and O–H groups in total. The summed E-state index contributed by atoms with van der Waals surface area (Å²) in [5.74, 6) is 0.573. The highest BCUT2D eigenvalue weighted by atomic mass is 16.6. The summed E-state index contributed by atoms with van der Waals surface area (Å²) in [6.45, 7) is 2.48. The lowest BCUT2D eigenvalue weighted by molar-refractivity contribution is -0.714. The summed E-state index contributed by atoms with van der Waals surface area (Å²) in [5, 5.41) is 8.67. The minimum Gasteiger partial charge on any atom is -0.408 e. The van der Waals surface area contributed by atoms with Gasteiger partial charge >= 0.3 is 6.09 Å². The topological polar surface area (TPSA) is 79.7 Å². The van der Waals surface area contributed by atoms with E-state index in [9.17, 15) is 4.79 Å². The number of ether oxygens (including phenoxy) is 1. The first kappa shape index (κ1) is 14.2. The molecule has 1 rings (SSSR count). The monoisotopic (exact) mass is 254 g/mol. The number of hydrogen-bond acceptors (Lipinski definition) is 4. The smallest absolute Gasteiger partial charge is 0.408 e. The highest BCUT2D eigenvalue weighted by molar-refractivity contribution is 5.66. The molecule has 6 nitrogen and oxygen atoms in total. The van der Waals surface area contributed by atoms with Gasteiger partial charge in [0.15, 0.2) is 0 Å². The first-order valence-corrected chi connectivity index (χ1v) is 5.79. The lowest BCUT2D eigenvalue weighted by Crippen LogP contribution is -2.41. The number of aliphatic hydroxyl groups is 1. The van der Waals surface area contributed by atoms with E-state index in [0.29, 0.717) is 18.8 Å². The molecule has 1 aromatic heterocycles. The van der Waals surface area contributed by atoms with E-state index in [1.165, 1.54) is 4.90 Å². The minimum absolute atomic E-state index is 0.0528. The van der Waals surface area contributed by atoms with Gasteiger partial charge in [0, 0.05) is 25.8 Å². The Morgan fingerprint density at radius 3 is 3.00 bits per heavy atom. The third-order valence-electron chi connectivity index (χ3n) is 2.62. The third-order valence-corrected chi connectivity index (χ3v) is 2.62. The van der Waals surface area contributed by atoms with Crippen LogP contribution >= 0.6 is 0 Å². The van der Waals surface area contributed by atoms with Crippen molar-refractivity contribution < 1.29 is 19.2 Å². The van der Waals surface area contributed by atoms with Crippen LogP contribution in [0.25, 0.3) is 0 Å². The second-order valence-electron chi connectivity index (χ2n) is 4.08. The maximum absolute atomic E-state index is 11.6. The number of amides is 1. The molecule has 1 amide bonds. The predicted molar refractivity (Wildman–Crippen MR) is 66.6 cm³/mol. The number of carbonyl (C=O) groups is 1. The fraction of sp³-hybridized carbons (Fsp3) is 0.500. The van der Waals surface area contributed by atoms with E-state index in [2.05, 4.69) is 0 Å². The molecule has 0 aliphatic rings. The van der Waals surface area contributed by atoms with E-state index >= 15 is 0 Å². The largest absolute Gasteiger partial charge is 0.412 e. The van der Waals surface area contributed by atoms with Crippen molar-refractivity contribution in [2.24, 2.45) is 0 Å². The summed E-state index contributed by atoms with van der Waals surface area (Å²) in [7, 11) is 1.63. The average molecular weight is 254 g/mol. The average Bonchev–Trinajstić information content (AvgIpc) is 2.37. The van der Waals surface area contributed by atoms with Gasteiger partial charge in [0.25, 0.3) is 5.82 Å². The SMILES string of the molecule is Cc1ccc[n+](COC(=O)N(C)CCCO)c1N. The zero-order chi connectivity index (χ0) is 13.5.